The van der Waals surface area contributed by atoms with Crippen molar-refractivity contribution in [1.82, 2.24) is 10.2 Å². The number of benzene rings is 2. The molecule has 0 heterocycles. The van der Waals surface area contributed by atoms with Crippen molar-refractivity contribution in [3.05, 3.63) is 71.3 Å². The van der Waals surface area contributed by atoms with Gasteiger partial charge in [-0.05, 0) is 30.4 Å². The second-order valence-corrected chi connectivity index (χ2v) is 8.10. The molecule has 0 saturated heterocycles. The molecule has 2 aromatic carbocycles. The van der Waals surface area contributed by atoms with Crippen molar-refractivity contribution in [3.63, 3.8) is 0 Å². The highest BCUT2D eigenvalue weighted by Gasteiger charge is 2.29. The zero-order chi connectivity index (χ0) is 21.2. The number of nitrogens with zero attached hydrogens (tertiary/aromatic N) is 1. The van der Waals surface area contributed by atoms with Crippen LogP contribution in [0.3, 0.4) is 0 Å². The SMILES string of the molecule is CCCC(=O)N(Cc1ccc(C)cc1)[C@@H](Cc1ccccc1)C(=O)NCC(C)C. The van der Waals surface area contributed by atoms with Gasteiger partial charge in [-0.1, -0.05) is 80.9 Å². The minimum absolute atomic E-state index is 0.0219. The summed E-state index contributed by atoms with van der Waals surface area (Å²) in [6.45, 7) is 9.21. The molecule has 4 heteroatoms. The van der Waals surface area contributed by atoms with Crippen molar-refractivity contribution in [2.24, 2.45) is 5.92 Å². The van der Waals surface area contributed by atoms with Crippen LogP contribution in [0.1, 0.15) is 50.3 Å². The van der Waals surface area contributed by atoms with E-state index < -0.39 is 6.04 Å². The van der Waals surface area contributed by atoms with Crippen molar-refractivity contribution >= 4 is 11.8 Å². The third-order valence-corrected chi connectivity index (χ3v) is 4.89. The number of hydrogen-bond acceptors (Lipinski definition) is 2. The van der Waals surface area contributed by atoms with Crippen LogP contribution in [0.25, 0.3) is 0 Å². The van der Waals surface area contributed by atoms with Gasteiger partial charge in [0.1, 0.15) is 6.04 Å². The van der Waals surface area contributed by atoms with Crippen molar-refractivity contribution < 1.29 is 9.59 Å². The Bertz CT molecular complexity index is 769. The molecule has 0 fully saturated rings. The molecule has 0 aromatic heterocycles. The van der Waals surface area contributed by atoms with Gasteiger partial charge < -0.3 is 10.2 Å². The third kappa shape index (κ3) is 7.37. The molecule has 29 heavy (non-hydrogen) atoms. The minimum atomic E-state index is -0.531. The number of amides is 2. The zero-order valence-electron chi connectivity index (χ0n) is 18.2. The molecule has 0 aliphatic carbocycles. The Kier molecular flexibility index (Phi) is 8.91. The summed E-state index contributed by atoms with van der Waals surface area (Å²) in [6, 6.07) is 17.5. The molecule has 1 atom stereocenters. The monoisotopic (exact) mass is 394 g/mol. The summed E-state index contributed by atoms with van der Waals surface area (Å²) in [5.41, 5.74) is 3.26. The number of aryl methyl sites for hydroxylation is 1. The van der Waals surface area contributed by atoms with Gasteiger partial charge in [-0.3, -0.25) is 9.59 Å². The van der Waals surface area contributed by atoms with Crippen molar-refractivity contribution in [3.8, 4) is 0 Å². The lowest BCUT2D eigenvalue weighted by Gasteiger charge is -2.32. The standard InChI is InChI=1S/C25H34N2O2/c1-5-9-24(28)27(18-22-14-12-20(4)13-15-22)23(25(29)26-17-19(2)3)16-21-10-7-6-8-11-21/h6-8,10-15,19,23H,5,9,16-18H2,1-4H3,(H,26,29)/t23-/m0/s1. The van der Waals surface area contributed by atoms with Gasteiger partial charge in [0.15, 0.2) is 0 Å². The fourth-order valence-corrected chi connectivity index (χ4v) is 3.22. The Hall–Kier alpha value is -2.62. The van der Waals surface area contributed by atoms with Crippen molar-refractivity contribution in [1.29, 1.82) is 0 Å². The second-order valence-electron chi connectivity index (χ2n) is 8.10. The topological polar surface area (TPSA) is 49.4 Å². The van der Waals surface area contributed by atoms with E-state index in [4.69, 9.17) is 0 Å². The van der Waals surface area contributed by atoms with E-state index in [-0.39, 0.29) is 11.8 Å². The maximum absolute atomic E-state index is 13.1. The minimum Gasteiger partial charge on any atom is -0.354 e. The summed E-state index contributed by atoms with van der Waals surface area (Å²) in [4.78, 5) is 27.9. The van der Waals surface area contributed by atoms with Crippen LogP contribution in [-0.4, -0.2) is 29.3 Å². The molecule has 0 spiro atoms. The fourth-order valence-electron chi connectivity index (χ4n) is 3.22. The molecule has 156 valence electrons. The maximum Gasteiger partial charge on any atom is 0.243 e. The Morgan fingerprint density at radius 3 is 2.21 bits per heavy atom. The van der Waals surface area contributed by atoms with E-state index in [9.17, 15) is 9.59 Å². The highest BCUT2D eigenvalue weighted by atomic mass is 16.2. The molecule has 0 radical (unpaired) electrons. The van der Waals surface area contributed by atoms with Gasteiger partial charge in [0.2, 0.25) is 11.8 Å². The molecular weight excluding hydrogens is 360 g/mol. The second kappa shape index (κ2) is 11.4. The summed E-state index contributed by atoms with van der Waals surface area (Å²) in [5, 5.41) is 3.04. The summed E-state index contributed by atoms with van der Waals surface area (Å²) < 4.78 is 0. The summed E-state index contributed by atoms with van der Waals surface area (Å²) in [5.74, 6) is 0.293. The lowest BCUT2D eigenvalue weighted by molar-refractivity contribution is -0.141. The normalized spacial score (nSPS) is 11.9. The van der Waals surface area contributed by atoms with Gasteiger partial charge in [-0.15, -0.1) is 0 Å². The molecule has 4 nitrogen and oxygen atoms in total. The largest absolute Gasteiger partial charge is 0.354 e. The maximum atomic E-state index is 13.1. The van der Waals surface area contributed by atoms with Crippen LogP contribution in [-0.2, 0) is 22.6 Å². The molecular formula is C25H34N2O2. The fraction of sp³-hybridized carbons (Fsp3) is 0.440. The Labute approximate surface area is 175 Å². The highest BCUT2D eigenvalue weighted by molar-refractivity contribution is 5.88. The molecule has 0 bridgehead atoms. The summed E-state index contributed by atoms with van der Waals surface area (Å²) in [7, 11) is 0. The molecule has 0 saturated carbocycles. The quantitative estimate of drug-likeness (QED) is 0.645. The van der Waals surface area contributed by atoms with Crippen LogP contribution in [0.15, 0.2) is 54.6 Å². The molecule has 0 aliphatic heterocycles. The van der Waals surface area contributed by atoms with Gasteiger partial charge in [0.05, 0.1) is 0 Å². The van der Waals surface area contributed by atoms with E-state index in [1.54, 1.807) is 4.90 Å². The highest BCUT2D eigenvalue weighted by Crippen LogP contribution is 2.17. The molecule has 2 rings (SSSR count). The predicted octanol–water partition coefficient (Wildman–Crippen LogP) is 4.51. The molecule has 2 aromatic rings. The van der Waals surface area contributed by atoms with Gasteiger partial charge >= 0.3 is 0 Å². The summed E-state index contributed by atoms with van der Waals surface area (Å²) in [6.07, 6.45) is 1.70. The summed E-state index contributed by atoms with van der Waals surface area (Å²) >= 11 is 0. The van der Waals surface area contributed by atoms with E-state index in [2.05, 4.69) is 19.2 Å². The first-order valence-corrected chi connectivity index (χ1v) is 10.6. The van der Waals surface area contributed by atoms with E-state index >= 15 is 0 Å². The average molecular weight is 395 g/mol. The Morgan fingerprint density at radius 2 is 1.62 bits per heavy atom. The van der Waals surface area contributed by atoms with E-state index in [0.717, 1.165) is 17.5 Å². The smallest absolute Gasteiger partial charge is 0.243 e. The van der Waals surface area contributed by atoms with Crippen LogP contribution in [0.2, 0.25) is 0 Å². The Morgan fingerprint density at radius 1 is 0.966 bits per heavy atom. The number of rotatable bonds is 10. The number of carbonyl (C=O) groups is 2. The lowest BCUT2D eigenvalue weighted by atomic mass is 10.0. The lowest BCUT2D eigenvalue weighted by Crippen LogP contribution is -2.51. The van der Waals surface area contributed by atoms with Gasteiger partial charge in [0.25, 0.3) is 0 Å². The van der Waals surface area contributed by atoms with Crippen LogP contribution in [0.4, 0.5) is 0 Å². The average Bonchev–Trinajstić information content (AvgIpc) is 2.71. The van der Waals surface area contributed by atoms with Crippen molar-refractivity contribution in [2.75, 3.05) is 6.54 Å². The molecule has 2 amide bonds. The number of nitrogens with one attached hydrogen (secondary N) is 1. The first kappa shape index (κ1) is 22.7. The third-order valence-electron chi connectivity index (χ3n) is 4.89. The van der Waals surface area contributed by atoms with Crippen LogP contribution < -0.4 is 5.32 Å². The first-order chi connectivity index (χ1) is 13.9. The van der Waals surface area contributed by atoms with E-state index in [0.29, 0.717) is 31.8 Å². The Balaban J connectivity index is 2.33. The molecule has 0 unspecified atom stereocenters. The first-order valence-electron chi connectivity index (χ1n) is 10.6. The van der Waals surface area contributed by atoms with Crippen molar-refractivity contribution in [2.45, 2.75) is 59.5 Å². The van der Waals surface area contributed by atoms with Gasteiger partial charge in [0, 0.05) is 25.9 Å². The zero-order valence-corrected chi connectivity index (χ0v) is 18.2. The number of hydrogen-bond donors (Lipinski definition) is 1. The van der Waals surface area contributed by atoms with E-state index in [1.807, 2.05) is 68.4 Å². The van der Waals surface area contributed by atoms with Crippen LogP contribution >= 0.6 is 0 Å². The van der Waals surface area contributed by atoms with Gasteiger partial charge in [-0.25, -0.2) is 0 Å². The van der Waals surface area contributed by atoms with E-state index in [1.165, 1.54) is 5.56 Å². The van der Waals surface area contributed by atoms with Crippen LogP contribution in [0, 0.1) is 12.8 Å². The molecule has 0 aliphatic rings. The molecule has 1 N–H and O–H groups in total. The number of carbonyl (C=O) groups excluding carboxylic acids is 2. The van der Waals surface area contributed by atoms with Crippen LogP contribution in [0.5, 0.6) is 0 Å². The van der Waals surface area contributed by atoms with Gasteiger partial charge in [-0.2, -0.15) is 0 Å². The predicted molar refractivity (Wildman–Crippen MR) is 118 cm³/mol.